The van der Waals surface area contributed by atoms with Crippen LogP contribution in [-0.4, -0.2) is 23.5 Å². The molecule has 1 heterocycles. The molecule has 0 aliphatic carbocycles. The molecule has 0 bridgehead atoms. The van der Waals surface area contributed by atoms with Crippen LogP contribution in [0.1, 0.15) is 36.7 Å². The molecule has 1 aromatic carbocycles. The van der Waals surface area contributed by atoms with Gasteiger partial charge in [-0.25, -0.2) is 4.79 Å². The number of carbonyl (C=O) groups is 2. The van der Waals surface area contributed by atoms with Gasteiger partial charge in [-0.05, 0) is 43.5 Å². The van der Waals surface area contributed by atoms with Crippen molar-refractivity contribution in [2.24, 2.45) is 0 Å². The Morgan fingerprint density at radius 1 is 1.29 bits per heavy atom. The highest BCUT2D eigenvalue weighted by atomic mass is 32.1. The van der Waals surface area contributed by atoms with Crippen LogP contribution in [0.25, 0.3) is 0 Å². The Morgan fingerprint density at radius 3 is 2.67 bits per heavy atom. The molecular formula is C16H17NO3S. The smallest absolute Gasteiger partial charge is 0.335 e. The molecule has 0 saturated carbocycles. The molecule has 0 saturated heterocycles. The Balaban J connectivity index is 1.92. The highest BCUT2D eigenvalue weighted by Crippen LogP contribution is 2.20. The first kappa shape index (κ1) is 15.3. The quantitative estimate of drug-likeness (QED) is 0.892. The van der Waals surface area contributed by atoms with Crippen LogP contribution in [-0.2, 0) is 6.42 Å². The molecule has 2 N–H and O–H groups in total. The molecule has 1 aromatic heterocycles. The summed E-state index contributed by atoms with van der Waals surface area (Å²) in [5, 5.41) is 13.7. The van der Waals surface area contributed by atoms with E-state index in [4.69, 9.17) is 5.11 Å². The van der Waals surface area contributed by atoms with E-state index in [-0.39, 0.29) is 11.5 Å². The summed E-state index contributed by atoms with van der Waals surface area (Å²) >= 11 is 1.57. The molecule has 0 fully saturated rings. The number of nitrogens with one attached hydrogen (secondary N) is 1. The number of aromatic carboxylic acids is 1. The molecule has 110 valence electrons. The zero-order chi connectivity index (χ0) is 15.4. The first-order valence-corrected chi connectivity index (χ1v) is 7.52. The van der Waals surface area contributed by atoms with Crippen molar-refractivity contribution >= 4 is 23.2 Å². The highest BCUT2D eigenvalue weighted by molar-refractivity contribution is 7.10. The third-order valence-electron chi connectivity index (χ3n) is 3.40. The summed E-state index contributed by atoms with van der Waals surface area (Å²) in [7, 11) is 0. The van der Waals surface area contributed by atoms with Gasteiger partial charge >= 0.3 is 5.97 Å². The SMILES string of the molecule is Cc1scc(C(=O)NCCc2cccc(C(=O)O)c2)c1C. The van der Waals surface area contributed by atoms with E-state index in [0.29, 0.717) is 13.0 Å². The molecule has 4 nitrogen and oxygen atoms in total. The predicted octanol–water partition coefficient (Wildman–Crippen LogP) is 3.04. The van der Waals surface area contributed by atoms with Crippen molar-refractivity contribution in [3.63, 3.8) is 0 Å². The van der Waals surface area contributed by atoms with Crippen molar-refractivity contribution in [2.45, 2.75) is 20.3 Å². The number of rotatable bonds is 5. The minimum absolute atomic E-state index is 0.0776. The minimum atomic E-state index is -0.940. The van der Waals surface area contributed by atoms with Gasteiger partial charge in [0, 0.05) is 16.8 Å². The van der Waals surface area contributed by atoms with Gasteiger partial charge in [-0.1, -0.05) is 12.1 Å². The minimum Gasteiger partial charge on any atom is -0.478 e. The number of hydrogen-bond acceptors (Lipinski definition) is 3. The van der Waals surface area contributed by atoms with Gasteiger partial charge in [-0.3, -0.25) is 4.79 Å². The summed E-state index contributed by atoms with van der Waals surface area (Å²) in [6.07, 6.45) is 0.606. The van der Waals surface area contributed by atoms with Crippen molar-refractivity contribution in [1.82, 2.24) is 5.32 Å². The van der Waals surface area contributed by atoms with Gasteiger partial charge in [0.1, 0.15) is 0 Å². The van der Waals surface area contributed by atoms with Gasteiger partial charge < -0.3 is 10.4 Å². The Hall–Kier alpha value is -2.14. The fraction of sp³-hybridized carbons (Fsp3) is 0.250. The molecular weight excluding hydrogens is 286 g/mol. The summed E-state index contributed by atoms with van der Waals surface area (Å²) < 4.78 is 0. The van der Waals surface area contributed by atoms with Gasteiger partial charge in [-0.2, -0.15) is 0 Å². The van der Waals surface area contributed by atoms with Crippen molar-refractivity contribution in [3.8, 4) is 0 Å². The molecule has 0 atom stereocenters. The van der Waals surface area contributed by atoms with Crippen LogP contribution in [0.4, 0.5) is 0 Å². The average molecular weight is 303 g/mol. The first-order chi connectivity index (χ1) is 9.99. The molecule has 21 heavy (non-hydrogen) atoms. The predicted molar refractivity (Wildman–Crippen MR) is 83.2 cm³/mol. The van der Waals surface area contributed by atoms with Crippen LogP contribution in [0.3, 0.4) is 0 Å². The van der Waals surface area contributed by atoms with Crippen LogP contribution in [0.5, 0.6) is 0 Å². The van der Waals surface area contributed by atoms with Crippen molar-refractivity contribution in [3.05, 3.63) is 56.8 Å². The zero-order valence-corrected chi connectivity index (χ0v) is 12.8. The largest absolute Gasteiger partial charge is 0.478 e. The second kappa shape index (κ2) is 6.54. The maximum absolute atomic E-state index is 12.0. The number of carbonyl (C=O) groups excluding carboxylic acids is 1. The lowest BCUT2D eigenvalue weighted by Gasteiger charge is -2.06. The number of carboxylic acids is 1. The van der Waals surface area contributed by atoms with Crippen molar-refractivity contribution < 1.29 is 14.7 Å². The topological polar surface area (TPSA) is 66.4 Å². The number of aryl methyl sites for hydroxylation is 1. The Morgan fingerprint density at radius 2 is 2.05 bits per heavy atom. The monoisotopic (exact) mass is 303 g/mol. The van der Waals surface area contributed by atoms with Crippen molar-refractivity contribution in [2.75, 3.05) is 6.54 Å². The molecule has 0 aliphatic rings. The lowest BCUT2D eigenvalue weighted by atomic mass is 10.1. The number of amides is 1. The lowest BCUT2D eigenvalue weighted by Crippen LogP contribution is -2.25. The molecule has 1 amide bonds. The molecule has 5 heteroatoms. The summed E-state index contributed by atoms with van der Waals surface area (Å²) in [6, 6.07) is 6.77. The van der Waals surface area contributed by atoms with E-state index in [1.54, 1.807) is 29.5 Å². The fourth-order valence-corrected chi connectivity index (χ4v) is 2.88. The van der Waals surface area contributed by atoms with Crippen LogP contribution < -0.4 is 5.32 Å². The van der Waals surface area contributed by atoms with Crippen LogP contribution in [0, 0.1) is 13.8 Å². The lowest BCUT2D eigenvalue weighted by molar-refractivity contribution is 0.0696. The molecule has 2 aromatic rings. The molecule has 0 aliphatic heterocycles. The fourth-order valence-electron chi connectivity index (χ4n) is 2.01. The van der Waals surface area contributed by atoms with E-state index < -0.39 is 5.97 Å². The van der Waals surface area contributed by atoms with Crippen molar-refractivity contribution in [1.29, 1.82) is 0 Å². The maximum Gasteiger partial charge on any atom is 0.335 e. The Labute approximate surface area is 127 Å². The molecule has 2 rings (SSSR count). The Bertz CT molecular complexity index is 676. The van der Waals surface area contributed by atoms with Gasteiger partial charge in [0.25, 0.3) is 5.91 Å². The van der Waals surface area contributed by atoms with E-state index >= 15 is 0 Å². The Kier molecular flexibility index (Phi) is 4.75. The average Bonchev–Trinajstić information content (AvgIpc) is 2.79. The normalized spacial score (nSPS) is 10.4. The first-order valence-electron chi connectivity index (χ1n) is 6.64. The summed E-state index contributed by atoms with van der Waals surface area (Å²) in [5.74, 6) is -1.02. The summed E-state index contributed by atoms with van der Waals surface area (Å²) in [6.45, 7) is 4.42. The molecule has 0 spiro atoms. The third-order valence-corrected chi connectivity index (χ3v) is 4.42. The van der Waals surface area contributed by atoms with Crippen LogP contribution in [0.2, 0.25) is 0 Å². The van der Waals surface area contributed by atoms with Gasteiger partial charge in [0.15, 0.2) is 0 Å². The summed E-state index contributed by atoms with van der Waals surface area (Å²) in [5.41, 5.74) is 2.90. The van der Waals surface area contributed by atoms with E-state index in [9.17, 15) is 9.59 Å². The van der Waals surface area contributed by atoms with Gasteiger partial charge in [0.2, 0.25) is 0 Å². The van der Waals surface area contributed by atoms with Gasteiger partial charge in [-0.15, -0.1) is 11.3 Å². The molecule has 0 radical (unpaired) electrons. The number of thiophene rings is 1. The zero-order valence-electron chi connectivity index (χ0n) is 12.0. The number of hydrogen-bond donors (Lipinski definition) is 2. The second-order valence-electron chi connectivity index (χ2n) is 4.84. The number of benzene rings is 1. The van der Waals surface area contributed by atoms with E-state index in [1.807, 2.05) is 25.3 Å². The highest BCUT2D eigenvalue weighted by Gasteiger charge is 2.11. The number of carboxylic acid groups (broad SMARTS) is 1. The standard InChI is InChI=1S/C16H17NO3S/c1-10-11(2)21-9-14(10)15(18)17-7-6-12-4-3-5-13(8-12)16(19)20/h3-5,8-9H,6-7H2,1-2H3,(H,17,18)(H,19,20). The summed E-state index contributed by atoms with van der Waals surface area (Å²) in [4.78, 5) is 24.1. The second-order valence-corrected chi connectivity index (χ2v) is 5.93. The van der Waals surface area contributed by atoms with Gasteiger partial charge in [0.05, 0.1) is 11.1 Å². The third kappa shape index (κ3) is 3.70. The van der Waals surface area contributed by atoms with Crippen LogP contribution >= 0.6 is 11.3 Å². The van der Waals surface area contributed by atoms with E-state index in [1.165, 1.54) is 0 Å². The van der Waals surface area contributed by atoms with E-state index in [0.717, 1.165) is 21.6 Å². The van der Waals surface area contributed by atoms with E-state index in [2.05, 4.69) is 5.32 Å². The van der Waals surface area contributed by atoms with Crippen LogP contribution in [0.15, 0.2) is 29.6 Å². The maximum atomic E-state index is 12.0. The molecule has 0 unspecified atom stereocenters.